The van der Waals surface area contributed by atoms with E-state index in [4.69, 9.17) is 23.2 Å². The van der Waals surface area contributed by atoms with Gasteiger partial charge in [-0.2, -0.15) is 5.26 Å². The number of carbonyl (C=O) groups excluding carboxylic acids is 1. The highest BCUT2D eigenvalue weighted by Gasteiger charge is 2.13. The van der Waals surface area contributed by atoms with Crippen molar-refractivity contribution >= 4 is 34.8 Å². The highest BCUT2D eigenvalue weighted by molar-refractivity contribution is 6.44. The van der Waals surface area contributed by atoms with Gasteiger partial charge in [-0.1, -0.05) is 59.6 Å². The first-order valence-electron chi connectivity index (χ1n) is 7.19. The van der Waals surface area contributed by atoms with Crippen molar-refractivity contribution in [2.45, 2.75) is 13.0 Å². The Bertz CT molecular complexity index is 798. The normalized spacial score (nSPS) is 12.2. The molecule has 1 atom stereocenters. The van der Waals surface area contributed by atoms with E-state index in [0.717, 1.165) is 5.56 Å². The Morgan fingerprint density at radius 1 is 1.17 bits per heavy atom. The number of nitriles is 1. The minimum Gasteiger partial charge on any atom is -0.383 e. The number of anilines is 1. The van der Waals surface area contributed by atoms with Crippen LogP contribution in [0.15, 0.2) is 60.3 Å². The Balaban J connectivity index is 2.09. The van der Waals surface area contributed by atoms with Gasteiger partial charge < -0.3 is 10.6 Å². The molecule has 0 saturated heterocycles. The van der Waals surface area contributed by atoms with Crippen molar-refractivity contribution in [2.24, 2.45) is 0 Å². The Hall–Kier alpha value is -2.48. The molecule has 122 valence electrons. The molecule has 0 fully saturated rings. The molecule has 0 saturated carbocycles. The number of amides is 1. The number of hydrogen-bond donors (Lipinski definition) is 2. The van der Waals surface area contributed by atoms with Gasteiger partial charge in [0.05, 0.1) is 15.7 Å². The molecule has 0 spiro atoms. The van der Waals surface area contributed by atoms with Crippen molar-refractivity contribution in [3.63, 3.8) is 0 Å². The Morgan fingerprint density at radius 2 is 1.88 bits per heavy atom. The van der Waals surface area contributed by atoms with E-state index in [2.05, 4.69) is 10.6 Å². The first kappa shape index (κ1) is 17.9. The average molecular weight is 360 g/mol. The van der Waals surface area contributed by atoms with Gasteiger partial charge in [-0.25, -0.2) is 0 Å². The molecule has 6 heteroatoms. The van der Waals surface area contributed by atoms with Crippen LogP contribution in [-0.4, -0.2) is 5.91 Å². The summed E-state index contributed by atoms with van der Waals surface area (Å²) in [5, 5.41) is 15.4. The molecule has 0 heterocycles. The smallest absolute Gasteiger partial charge is 0.267 e. The Morgan fingerprint density at radius 3 is 2.54 bits per heavy atom. The van der Waals surface area contributed by atoms with Crippen LogP contribution in [0.4, 0.5) is 5.69 Å². The second-order valence-corrected chi connectivity index (χ2v) is 5.81. The molecule has 2 aromatic rings. The molecule has 0 bridgehead atoms. The van der Waals surface area contributed by atoms with Crippen molar-refractivity contribution < 1.29 is 4.79 Å². The Kier molecular flexibility index (Phi) is 6.25. The Labute approximate surface area is 150 Å². The summed E-state index contributed by atoms with van der Waals surface area (Å²) in [7, 11) is 0. The fraction of sp³-hybridized carbons (Fsp3) is 0.111. The SMILES string of the molecule is CC(N/C=C(/C#N)C(=O)Nc1cccc(Cl)c1Cl)c1ccccc1. The lowest BCUT2D eigenvalue weighted by Crippen LogP contribution is -2.18. The summed E-state index contributed by atoms with van der Waals surface area (Å²) in [6.07, 6.45) is 1.39. The van der Waals surface area contributed by atoms with E-state index in [1.165, 1.54) is 6.20 Å². The van der Waals surface area contributed by atoms with Gasteiger partial charge in [-0.05, 0) is 24.6 Å². The summed E-state index contributed by atoms with van der Waals surface area (Å²) in [6.45, 7) is 1.94. The van der Waals surface area contributed by atoms with Gasteiger partial charge in [0.1, 0.15) is 11.6 Å². The lowest BCUT2D eigenvalue weighted by Gasteiger charge is -2.13. The van der Waals surface area contributed by atoms with Crippen LogP contribution in [0.3, 0.4) is 0 Å². The topological polar surface area (TPSA) is 64.9 Å². The maximum atomic E-state index is 12.2. The molecule has 0 aliphatic heterocycles. The molecule has 1 unspecified atom stereocenters. The third-order valence-electron chi connectivity index (χ3n) is 3.34. The number of rotatable bonds is 5. The molecule has 0 radical (unpaired) electrons. The summed E-state index contributed by atoms with van der Waals surface area (Å²) in [5.74, 6) is -0.561. The first-order chi connectivity index (χ1) is 11.5. The van der Waals surface area contributed by atoms with E-state index in [9.17, 15) is 10.1 Å². The van der Waals surface area contributed by atoms with Gasteiger partial charge >= 0.3 is 0 Å². The molecule has 2 aromatic carbocycles. The van der Waals surface area contributed by atoms with Crippen LogP contribution in [0.5, 0.6) is 0 Å². The van der Waals surface area contributed by atoms with Crippen molar-refractivity contribution in [1.29, 1.82) is 5.26 Å². The van der Waals surface area contributed by atoms with Crippen molar-refractivity contribution in [1.82, 2.24) is 5.32 Å². The van der Waals surface area contributed by atoms with E-state index >= 15 is 0 Å². The molecular formula is C18H15Cl2N3O. The van der Waals surface area contributed by atoms with Crippen molar-refractivity contribution in [3.05, 3.63) is 75.9 Å². The fourth-order valence-corrected chi connectivity index (χ4v) is 2.33. The molecule has 0 aliphatic carbocycles. The van der Waals surface area contributed by atoms with Crippen molar-refractivity contribution in [3.8, 4) is 6.07 Å². The minimum absolute atomic E-state index is 0.0443. The predicted molar refractivity (Wildman–Crippen MR) is 96.8 cm³/mol. The van der Waals surface area contributed by atoms with Gasteiger partial charge in [-0.15, -0.1) is 0 Å². The van der Waals surface area contributed by atoms with Crippen LogP contribution in [0.2, 0.25) is 10.0 Å². The number of carbonyl (C=O) groups is 1. The third kappa shape index (κ3) is 4.51. The van der Waals surface area contributed by atoms with E-state index in [1.807, 2.05) is 43.3 Å². The number of hydrogen-bond acceptors (Lipinski definition) is 3. The molecule has 1 amide bonds. The lowest BCUT2D eigenvalue weighted by atomic mass is 10.1. The van der Waals surface area contributed by atoms with Crippen molar-refractivity contribution in [2.75, 3.05) is 5.32 Å². The van der Waals surface area contributed by atoms with Crippen LogP contribution in [0.25, 0.3) is 0 Å². The zero-order chi connectivity index (χ0) is 17.5. The van der Waals surface area contributed by atoms with E-state index < -0.39 is 5.91 Å². The second kappa shape index (κ2) is 8.39. The summed E-state index contributed by atoms with van der Waals surface area (Å²) in [4.78, 5) is 12.2. The van der Waals surface area contributed by atoms with Crippen LogP contribution >= 0.6 is 23.2 Å². The fourth-order valence-electron chi connectivity index (χ4n) is 1.98. The highest BCUT2D eigenvalue weighted by Crippen LogP contribution is 2.29. The van der Waals surface area contributed by atoms with Gasteiger partial charge in [-0.3, -0.25) is 4.79 Å². The molecule has 2 rings (SSSR count). The minimum atomic E-state index is -0.561. The summed E-state index contributed by atoms with van der Waals surface area (Å²) >= 11 is 11.9. The quantitative estimate of drug-likeness (QED) is 0.601. The van der Waals surface area contributed by atoms with Crippen LogP contribution in [0.1, 0.15) is 18.5 Å². The monoisotopic (exact) mass is 359 g/mol. The number of benzene rings is 2. The summed E-state index contributed by atoms with van der Waals surface area (Å²) in [6, 6.07) is 16.4. The van der Waals surface area contributed by atoms with Gasteiger partial charge in [0.25, 0.3) is 5.91 Å². The molecule has 0 aliphatic rings. The first-order valence-corrected chi connectivity index (χ1v) is 7.95. The largest absolute Gasteiger partial charge is 0.383 e. The lowest BCUT2D eigenvalue weighted by molar-refractivity contribution is -0.112. The molecule has 0 aromatic heterocycles. The predicted octanol–water partition coefficient (Wildman–Crippen LogP) is 4.69. The van der Waals surface area contributed by atoms with E-state index in [0.29, 0.717) is 10.7 Å². The molecule has 2 N–H and O–H groups in total. The number of nitrogens with zero attached hydrogens (tertiary/aromatic N) is 1. The highest BCUT2D eigenvalue weighted by atomic mass is 35.5. The summed E-state index contributed by atoms with van der Waals surface area (Å²) in [5.41, 5.74) is 1.34. The second-order valence-electron chi connectivity index (χ2n) is 5.02. The summed E-state index contributed by atoms with van der Waals surface area (Å²) < 4.78 is 0. The maximum absolute atomic E-state index is 12.2. The van der Waals surface area contributed by atoms with Gasteiger partial charge in [0.15, 0.2) is 0 Å². The standard InChI is InChI=1S/C18H15Cl2N3O/c1-12(13-6-3-2-4-7-13)22-11-14(10-21)18(24)23-16-9-5-8-15(19)17(16)20/h2-9,11-12,22H,1H3,(H,23,24)/b14-11-. The molecule has 4 nitrogen and oxygen atoms in total. The van der Waals surface area contributed by atoms with Gasteiger partial charge in [0, 0.05) is 12.2 Å². The number of nitrogens with one attached hydrogen (secondary N) is 2. The maximum Gasteiger partial charge on any atom is 0.267 e. The zero-order valence-electron chi connectivity index (χ0n) is 12.9. The third-order valence-corrected chi connectivity index (χ3v) is 4.16. The average Bonchev–Trinajstić information content (AvgIpc) is 2.60. The number of halogens is 2. The van der Waals surface area contributed by atoms with Crippen LogP contribution in [-0.2, 0) is 4.79 Å². The van der Waals surface area contributed by atoms with E-state index in [1.54, 1.807) is 18.2 Å². The van der Waals surface area contributed by atoms with E-state index in [-0.39, 0.29) is 16.6 Å². The molecule has 24 heavy (non-hydrogen) atoms. The van der Waals surface area contributed by atoms with Gasteiger partial charge in [0.2, 0.25) is 0 Å². The molecular weight excluding hydrogens is 345 g/mol. The van der Waals surface area contributed by atoms with Crippen LogP contribution < -0.4 is 10.6 Å². The van der Waals surface area contributed by atoms with Crippen LogP contribution in [0, 0.1) is 11.3 Å². The zero-order valence-corrected chi connectivity index (χ0v) is 14.4.